The van der Waals surface area contributed by atoms with Gasteiger partial charge in [-0.1, -0.05) is 0 Å². The van der Waals surface area contributed by atoms with E-state index in [1.165, 1.54) is 6.07 Å². The molecule has 0 aliphatic rings. The Morgan fingerprint density at radius 2 is 1.83 bits per heavy atom. The van der Waals surface area contributed by atoms with E-state index >= 15 is 0 Å². The molecule has 2 rings (SSSR count). The molecular formula is C14H17NO3. The first-order chi connectivity index (χ1) is 8.71. The third-order valence-corrected chi connectivity index (χ3v) is 3.13. The van der Waals surface area contributed by atoms with Crippen LogP contribution in [0.3, 0.4) is 0 Å². The van der Waals surface area contributed by atoms with Crippen molar-refractivity contribution in [3.05, 3.63) is 40.2 Å². The van der Waals surface area contributed by atoms with Gasteiger partial charge in [0.05, 0.1) is 6.61 Å². The molecule has 0 atom stereocenters. The Morgan fingerprint density at radius 1 is 1.17 bits per heavy atom. The Morgan fingerprint density at radius 3 is 2.44 bits per heavy atom. The van der Waals surface area contributed by atoms with Crippen molar-refractivity contribution in [2.24, 2.45) is 0 Å². The Hall–Kier alpha value is -1.81. The van der Waals surface area contributed by atoms with Gasteiger partial charge in [0.1, 0.15) is 5.58 Å². The average molecular weight is 247 g/mol. The van der Waals surface area contributed by atoms with Gasteiger partial charge in [0.25, 0.3) is 0 Å². The van der Waals surface area contributed by atoms with Crippen molar-refractivity contribution in [2.75, 3.05) is 18.0 Å². The van der Waals surface area contributed by atoms with Gasteiger partial charge in [-0.05, 0) is 32.0 Å². The molecule has 1 aromatic carbocycles. The van der Waals surface area contributed by atoms with E-state index < -0.39 is 5.63 Å². The first-order valence-electron chi connectivity index (χ1n) is 6.12. The zero-order valence-electron chi connectivity index (χ0n) is 10.6. The first-order valence-corrected chi connectivity index (χ1v) is 6.12. The van der Waals surface area contributed by atoms with Crippen LogP contribution in [0.15, 0.2) is 33.5 Å². The van der Waals surface area contributed by atoms with Crippen molar-refractivity contribution in [3.8, 4) is 0 Å². The molecule has 4 nitrogen and oxygen atoms in total. The minimum Gasteiger partial charge on any atom is -0.422 e. The van der Waals surface area contributed by atoms with E-state index in [4.69, 9.17) is 4.42 Å². The lowest BCUT2D eigenvalue weighted by atomic mass is 10.1. The highest BCUT2D eigenvalue weighted by Gasteiger charge is 2.13. The summed E-state index contributed by atoms with van der Waals surface area (Å²) in [4.78, 5) is 13.4. The Labute approximate surface area is 105 Å². The number of aliphatic hydroxyl groups excluding tert-OH is 1. The monoisotopic (exact) mass is 247 g/mol. The van der Waals surface area contributed by atoms with Gasteiger partial charge >= 0.3 is 5.63 Å². The lowest BCUT2D eigenvalue weighted by Crippen LogP contribution is -2.23. The van der Waals surface area contributed by atoms with Gasteiger partial charge in [0.2, 0.25) is 0 Å². The summed E-state index contributed by atoms with van der Waals surface area (Å²) >= 11 is 0. The topological polar surface area (TPSA) is 53.7 Å². The standard InChI is InChI=1S/C14H17NO3/c1-3-15(4-2)12-7-5-10-6-8-13(17)18-14(10)11(12)9-16/h5-8,16H,3-4,9H2,1-2H3. The normalized spacial score (nSPS) is 10.8. The minimum atomic E-state index is -0.395. The third kappa shape index (κ3) is 2.11. The molecule has 0 radical (unpaired) electrons. The molecule has 1 heterocycles. The van der Waals surface area contributed by atoms with Crippen molar-refractivity contribution in [1.82, 2.24) is 0 Å². The number of benzene rings is 1. The van der Waals surface area contributed by atoms with E-state index in [0.29, 0.717) is 11.1 Å². The van der Waals surface area contributed by atoms with Crippen molar-refractivity contribution < 1.29 is 9.52 Å². The van der Waals surface area contributed by atoms with Crippen LogP contribution in [0.1, 0.15) is 19.4 Å². The fraction of sp³-hybridized carbons (Fsp3) is 0.357. The highest BCUT2D eigenvalue weighted by Crippen LogP contribution is 2.28. The predicted molar refractivity (Wildman–Crippen MR) is 72.0 cm³/mol. The lowest BCUT2D eigenvalue weighted by molar-refractivity contribution is 0.281. The van der Waals surface area contributed by atoms with Crippen molar-refractivity contribution in [1.29, 1.82) is 0 Å². The summed E-state index contributed by atoms with van der Waals surface area (Å²) in [7, 11) is 0. The zero-order valence-corrected chi connectivity index (χ0v) is 10.6. The van der Waals surface area contributed by atoms with Crippen LogP contribution in [0.5, 0.6) is 0 Å². The molecule has 0 saturated heterocycles. The Kier molecular flexibility index (Phi) is 3.67. The van der Waals surface area contributed by atoms with Crippen LogP contribution in [-0.2, 0) is 6.61 Å². The van der Waals surface area contributed by atoms with E-state index in [-0.39, 0.29) is 6.61 Å². The molecule has 1 N–H and O–H groups in total. The predicted octanol–water partition coefficient (Wildman–Crippen LogP) is 2.13. The van der Waals surface area contributed by atoms with Gasteiger partial charge in [-0.15, -0.1) is 0 Å². The maximum atomic E-state index is 11.3. The maximum absolute atomic E-state index is 11.3. The number of nitrogens with zero attached hydrogens (tertiary/aromatic N) is 1. The van der Waals surface area contributed by atoms with Crippen LogP contribution in [0, 0.1) is 0 Å². The molecule has 2 aromatic rings. The molecule has 0 unspecified atom stereocenters. The van der Waals surface area contributed by atoms with E-state index in [0.717, 1.165) is 24.2 Å². The fourth-order valence-corrected chi connectivity index (χ4v) is 2.19. The second-order valence-electron chi connectivity index (χ2n) is 4.07. The quantitative estimate of drug-likeness (QED) is 0.841. The number of hydrogen-bond donors (Lipinski definition) is 1. The Balaban J connectivity index is 2.72. The number of rotatable bonds is 4. The van der Waals surface area contributed by atoms with Gasteiger partial charge in [0, 0.05) is 35.8 Å². The van der Waals surface area contributed by atoms with Gasteiger partial charge in [0.15, 0.2) is 0 Å². The van der Waals surface area contributed by atoms with Gasteiger partial charge in [-0.3, -0.25) is 0 Å². The smallest absolute Gasteiger partial charge is 0.336 e. The van der Waals surface area contributed by atoms with Crippen LogP contribution in [0.4, 0.5) is 5.69 Å². The molecule has 0 aliphatic heterocycles. The molecule has 0 saturated carbocycles. The fourth-order valence-electron chi connectivity index (χ4n) is 2.19. The number of aliphatic hydroxyl groups is 1. The first kappa shape index (κ1) is 12.6. The lowest BCUT2D eigenvalue weighted by Gasteiger charge is -2.24. The van der Waals surface area contributed by atoms with E-state index in [1.807, 2.05) is 12.1 Å². The summed E-state index contributed by atoms with van der Waals surface area (Å²) in [6, 6.07) is 6.97. The summed E-state index contributed by atoms with van der Waals surface area (Å²) in [6.07, 6.45) is 0. The van der Waals surface area contributed by atoms with E-state index in [9.17, 15) is 9.90 Å². The van der Waals surface area contributed by atoms with Gasteiger partial charge < -0.3 is 14.4 Å². The summed E-state index contributed by atoms with van der Waals surface area (Å²) < 4.78 is 5.22. The summed E-state index contributed by atoms with van der Waals surface area (Å²) in [5.41, 5.74) is 1.68. The highest BCUT2D eigenvalue weighted by atomic mass is 16.4. The van der Waals surface area contributed by atoms with Gasteiger partial charge in [-0.2, -0.15) is 0 Å². The molecule has 0 fully saturated rings. The van der Waals surface area contributed by atoms with E-state index in [2.05, 4.69) is 18.7 Å². The maximum Gasteiger partial charge on any atom is 0.336 e. The zero-order chi connectivity index (χ0) is 13.1. The van der Waals surface area contributed by atoms with Crippen molar-refractivity contribution in [3.63, 3.8) is 0 Å². The van der Waals surface area contributed by atoms with Crippen LogP contribution in [0.25, 0.3) is 11.0 Å². The van der Waals surface area contributed by atoms with Crippen LogP contribution >= 0.6 is 0 Å². The summed E-state index contributed by atoms with van der Waals surface area (Å²) in [5.74, 6) is 0. The van der Waals surface area contributed by atoms with Gasteiger partial charge in [-0.25, -0.2) is 4.79 Å². The molecule has 96 valence electrons. The largest absolute Gasteiger partial charge is 0.422 e. The van der Waals surface area contributed by atoms with Crippen LogP contribution in [-0.4, -0.2) is 18.2 Å². The van der Waals surface area contributed by atoms with Crippen molar-refractivity contribution in [2.45, 2.75) is 20.5 Å². The minimum absolute atomic E-state index is 0.143. The molecule has 18 heavy (non-hydrogen) atoms. The molecule has 0 spiro atoms. The van der Waals surface area contributed by atoms with Crippen molar-refractivity contribution >= 4 is 16.7 Å². The summed E-state index contributed by atoms with van der Waals surface area (Å²) in [5, 5.41) is 10.4. The molecule has 0 bridgehead atoms. The molecule has 4 heteroatoms. The summed E-state index contributed by atoms with van der Waals surface area (Å²) in [6.45, 7) is 5.64. The second kappa shape index (κ2) is 5.23. The molecule has 0 aliphatic carbocycles. The second-order valence-corrected chi connectivity index (χ2v) is 4.07. The molecule has 1 aromatic heterocycles. The van der Waals surface area contributed by atoms with E-state index in [1.54, 1.807) is 6.07 Å². The molecular weight excluding hydrogens is 230 g/mol. The number of hydrogen-bond acceptors (Lipinski definition) is 4. The molecule has 0 amide bonds. The number of anilines is 1. The van der Waals surface area contributed by atoms with Crippen LogP contribution in [0.2, 0.25) is 0 Å². The number of fused-ring (bicyclic) bond motifs is 1. The third-order valence-electron chi connectivity index (χ3n) is 3.13. The highest BCUT2D eigenvalue weighted by molar-refractivity contribution is 5.85. The van der Waals surface area contributed by atoms with Crippen LogP contribution < -0.4 is 10.5 Å². The SMILES string of the molecule is CCN(CC)c1ccc2ccc(=O)oc2c1CO. The average Bonchev–Trinajstić information content (AvgIpc) is 2.39. The Bertz CT molecular complexity index is 600.